The van der Waals surface area contributed by atoms with Crippen molar-refractivity contribution < 1.29 is 0 Å². The van der Waals surface area contributed by atoms with Crippen molar-refractivity contribution in [2.45, 2.75) is 34.6 Å². The minimum absolute atomic E-state index is 0.581. The van der Waals surface area contributed by atoms with Gasteiger partial charge in [0.1, 0.15) is 17.5 Å². The highest BCUT2D eigenvalue weighted by atomic mass is 15.2. The molecule has 1 N–H and O–H groups in total. The van der Waals surface area contributed by atoms with Gasteiger partial charge in [-0.3, -0.25) is 0 Å². The maximum Gasteiger partial charge on any atom is 0.138 e. The number of hydrogen-bond acceptors (Lipinski definition) is 4. The third-order valence-electron chi connectivity index (χ3n) is 3.42. The van der Waals surface area contributed by atoms with E-state index >= 15 is 0 Å². The molecule has 2 rings (SSSR count). The van der Waals surface area contributed by atoms with E-state index in [1.807, 2.05) is 13.0 Å². The molecule has 4 heteroatoms. The van der Waals surface area contributed by atoms with Gasteiger partial charge in [-0.1, -0.05) is 26.0 Å². The highest BCUT2D eigenvalue weighted by Gasteiger charge is 2.11. The van der Waals surface area contributed by atoms with Crippen LogP contribution >= 0.6 is 0 Å². The molecular formula is C18H26N4. The third-order valence-corrected chi connectivity index (χ3v) is 3.42. The van der Waals surface area contributed by atoms with Crippen molar-refractivity contribution in [3.8, 4) is 0 Å². The Bertz CT molecular complexity index is 622. The molecule has 0 bridgehead atoms. The van der Waals surface area contributed by atoms with Crippen LogP contribution in [-0.4, -0.2) is 23.1 Å². The van der Waals surface area contributed by atoms with Gasteiger partial charge in [-0.25, -0.2) is 9.97 Å². The van der Waals surface area contributed by atoms with Crippen LogP contribution in [0.3, 0.4) is 0 Å². The van der Waals surface area contributed by atoms with Gasteiger partial charge in [0.15, 0.2) is 0 Å². The summed E-state index contributed by atoms with van der Waals surface area (Å²) in [5.74, 6) is 3.20. The van der Waals surface area contributed by atoms with E-state index in [2.05, 4.69) is 72.1 Å². The van der Waals surface area contributed by atoms with Crippen molar-refractivity contribution >= 4 is 17.3 Å². The van der Waals surface area contributed by atoms with Gasteiger partial charge in [-0.05, 0) is 44.4 Å². The first kappa shape index (κ1) is 16.3. The van der Waals surface area contributed by atoms with Crippen molar-refractivity contribution in [3.63, 3.8) is 0 Å². The molecule has 0 saturated carbocycles. The summed E-state index contributed by atoms with van der Waals surface area (Å²) >= 11 is 0. The zero-order valence-electron chi connectivity index (χ0n) is 14.2. The van der Waals surface area contributed by atoms with Gasteiger partial charge in [0.2, 0.25) is 0 Å². The molecular weight excluding hydrogens is 272 g/mol. The minimum Gasteiger partial charge on any atom is -0.370 e. The molecule has 0 radical (unpaired) electrons. The van der Waals surface area contributed by atoms with E-state index in [4.69, 9.17) is 0 Å². The molecule has 0 aliphatic carbocycles. The molecule has 0 aliphatic heterocycles. The molecule has 1 aromatic carbocycles. The van der Waals surface area contributed by atoms with Gasteiger partial charge in [0.05, 0.1) is 0 Å². The van der Waals surface area contributed by atoms with Gasteiger partial charge in [0, 0.05) is 24.8 Å². The van der Waals surface area contributed by atoms with E-state index < -0.39 is 0 Å². The first-order valence-electron chi connectivity index (χ1n) is 7.93. The average molecular weight is 298 g/mol. The van der Waals surface area contributed by atoms with Gasteiger partial charge >= 0.3 is 0 Å². The smallest absolute Gasteiger partial charge is 0.138 e. The Morgan fingerprint density at radius 1 is 1.14 bits per heavy atom. The van der Waals surface area contributed by atoms with Crippen molar-refractivity contribution in [2.75, 3.05) is 23.3 Å². The second kappa shape index (κ2) is 7.25. The van der Waals surface area contributed by atoms with Crippen LogP contribution < -0.4 is 10.2 Å². The van der Waals surface area contributed by atoms with Crippen molar-refractivity contribution in [3.05, 3.63) is 41.7 Å². The molecule has 0 unspecified atom stereocenters. The fourth-order valence-electron chi connectivity index (χ4n) is 2.36. The molecule has 118 valence electrons. The molecule has 0 aliphatic rings. The summed E-state index contributed by atoms with van der Waals surface area (Å²) in [6.07, 6.45) is 0. The standard InChI is InChI=1S/C18H26N4/c1-6-22(16-9-7-8-14(4)10-16)18-11-17(19-12-13(2)3)20-15(5)21-18/h7-11,13H,6,12H2,1-5H3,(H,19,20,21). The topological polar surface area (TPSA) is 41.0 Å². The quantitative estimate of drug-likeness (QED) is 0.862. The maximum absolute atomic E-state index is 4.61. The summed E-state index contributed by atoms with van der Waals surface area (Å²) in [7, 11) is 0. The van der Waals surface area contributed by atoms with Crippen molar-refractivity contribution in [1.29, 1.82) is 0 Å². The molecule has 0 amide bonds. The number of aryl methyl sites for hydroxylation is 2. The summed E-state index contributed by atoms with van der Waals surface area (Å²) in [5, 5.41) is 3.39. The second-order valence-corrected chi connectivity index (χ2v) is 6.02. The summed E-state index contributed by atoms with van der Waals surface area (Å²) < 4.78 is 0. The number of benzene rings is 1. The maximum atomic E-state index is 4.61. The highest BCUT2D eigenvalue weighted by molar-refractivity contribution is 5.63. The molecule has 1 aromatic heterocycles. The minimum atomic E-state index is 0.581. The van der Waals surface area contributed by atoms with Gasteiger partial charge < -0.3 is 10.2 Å². The van der Waals surface area contributed by atoms with Crippen LogP contribution in [0, 0.1) is 19.8 Å². The van der Waals surface area contributed by atoms with Crippen LogP contribution in [0.4, 0.5) is 17.3 Å². The van der Waals surface area contributed by atoms with Crippen LogP contribution in [0.1, 0.15) is 32.2 Å². The Labute approximate surface area is 133 Å². The second-order valence-electron chi connectivity index (χ2n) is 6.02. The van der Waals surface area contributed by atoms with Crippen molar-refractivity contribution in [1.82, 2.24) is 9.97 Å². The molecule has 0 fully saturated rings. The van der Waals surface area contributed by atoms with Crippen LogP contribution in [0.2, 0.25) is 0 Å². The third kappa shape index (κ3) is 4.20. The van der Waals surface area contributed by atoms with E-state index in [9.17, 15) is 0 Å². The molecule has 0 saturated heterocycles. The van der Waals surface area contributed by atoms with Gasteiger partial charge in [0.25, 0.3) is 0 Å². The van der Waals surface area contributed by atoms with E-state index in [1.165, 1.54) is 5.56 Å². The lowest BCUT2D eigenvalue weighted by molar-refractivity contribution is 0.686. The molecule has 2 aromatic rings. The fourth-order valence-corrected chi connectivity index (χ4v) is 2.36. The predicted octanol–water partition coefficient (Wildman–Crippen LogP) is 4.32. The first-order chi connectivity index (χ1) is 10.5. The Morgan fingerprint density at radius 3 is 2.55 bits per heavy atom. The number of anilines is 3. The molecule has 0 atom stereocenters. The summed E-state index contributed by atoms with van der Waals surface area (Å²) in [6, 6.07) is 10.5. The van der Waals surface area contributed by atoms with Crippen LogP contribution in [-0.2, 0) is 0 Å². The fraction of sp³-hybridized carbons (Fsp3) is 0.444. The monoisotopic (exact) mass is 298 g/mol. The molecule has 4 nitrogen and oxygen atoms in total. The average Bonchev–Trinajstić information content (AvgIpc) is 2.45. The van der Waals surface area contributed by atoms with E-state index in [1.54, 1.807) is 0 Å². The number of nitrogens with zero attached hydrogens (tertiary/aromatic N) is 3. The molecule has 0 spiro atoms. The largest absolute Gasteiger partial charge is 0.370 e. The number of hydrogen-bond donors (Lipinski definition) is 1. The highest BCUT2D eigenvalue weighted by Crippen LogP contribution is 2.25. The molecule has 1 heterocycles. The van der Waals surface area contributed by atoms with Crippen molar-refractivity contribution in [2.24, 2.45) is 5.92 Å². The van der Waals surface area contributed by atoms with Crippen LogP contribution in [0.25, 0.3) is 0 Å². The predicted molar refractivity (Wildman–Crippen MR) is 94.0 cm³/mol. The Hall–Kier alpha value is -2.10. The first-order valence-corrected chi connectivity index (χ1v) is 7.93. The van der Waals surface area contributed by atoms with E-state index in [0.29, 0.717) is 5.92 Å². The lowest BCUT2D eigenvalue weighted by atomic mass is 10.2. The van der Waals surface area contributed by atoms with E-state index in [-0.39, 0.29) is 0 Å². The zero-order valence-corrected chi connectivity index (χ0v) is 14.2. The number of aromatic nitrogens is 2. The van der Waals surface area contributed by atoms with Crippen LogP contribution in [0.15, 0.2) is 30.3 Å². The molecule has 22 heavy (non-hydrogen) atoms. The van der Waals surface area contributed by atoms with Crippen LogP contribution in [0.5, 0.6) is 0 Å². The Kier molecular flexibility index (Phi) is 5.36. The zero-order chi connectivity index (χ0) is 16.1. The number of nitrogens with one attached hydrogen (secondary N) is 1. The Balaban J connectivity index is 2.32. The lowest BCUT2D eigenvalue weighted by Gasteiger charge is -2.23. The normalized spacial score (nSPS) is 10.8. The lowest BCUT2D eigenvalue weighted by Crippen LogP contribution is -2.19. The number of rotatable bonds is 6. The Morgan fingerprint density at radius 2 is 1.91 bits per heavy atom. The summed E-state index contributed by atoms with van der Waals surface area (Å²) in [5.41, 5.74) is 2.41. The van der Waals surface area contributed by atoms with Gasteiger partial charge in [-0.2, -0.15) is 0 Å². The summed E-state index contributed by atoms with van der Waals surface area (Å²) in [4.78, 5) is 11.3. The SMILES string of the molecule is CCN(c1cccc(C)c1)c1cc(NCC(C)C)nc(C)n1. The van der Waals surface area contributed by atoms with Gasteiger partial charge in [-0.15, -0.1) is 0 Å². The summed E-state index contributed by atoms with van der Waals surface area (Å²) in [6.45, 7) is 12.3. The van der Waals surface area contributed by atoms with E-state index in [0.717, 1.165) is 36.2 Å².